The number of alkyl halides is 1. The van der Waals surface area contributed by atoms with Gasteiger partial charge in [-0.25, -0.2) is 0 Å². The van der Waals surface area contributed by atoms with Crippen LogP contribution in [0.1, 0.15) is 19.3 Å². The van der Waals surface area contributed by atoms with Gasteiger partial charge >= 0.3 is 0 Å². The average Bonchev–Trinajstić information content (AvgIpc) is 2.02. The van der Waals surface area contributed by atoms with E-state index >= 15 is 0 Å². The summed E-state index contributed by atoms with van der Waals surface area (Å²) in [6, 6.07) is 0. The van der Waals surface area contributed by atoms with Crippen molar-refractivity contribution in [3.8, 4) is 0 Å². The van der Waals surface area contributed by atoms with Crippen LogP contribution in [0.5, 0.6) is 0 Å². The number of unbranched alkanes of at least 4 members (excludes halogenated alkanes) is 1. The zero-order valence-electron chi connectivity index (χ0n) is 8.27. The van der Waals surface area contributed by atoms with Gasteiger partial charge in [-0.1, -0.05) is 0 Å². The summed E-state index contributed by atoms with van der Waals surface area (Å²) in [4.78, 5) is 2.21. The lowest BCUT2D eigenvalue weighted by Crippen LogP contribution is -2.22. The Kier molecular flexibility index (Phi) is 9.46. The van der Waals surface area contributed by atoms with E-state index in [0.29, 0.717) is 0 Å². The zero-order chi connectivity index (χ0) is 9.23. The van der Waals surface area contributed by atoms with Gasteiger partial charge in [0, 0.05) is 5.88 Å². The number of rotatable bonds is 8. The van der Waals surface area contributed by atoms with E-state index in [1.807, 2.05) is 0 Å². The van der Waals surface area contributed by atoms with E-state index in [9.17, 15) is 0 Å². The van der Waals surface area contributed by atoms with Crippen molar-refractivity contribution in [2.45, 2.75) is 19.3 Å². The first kappa shape index (κ1) is 12.2. The number of halogens is 1. The van der Waals surface area contributed by atoms with E-state index < -0.39 is 0 Å². The van der Waals surface area contributed by atoms with E-state index in [0.717, 1.165) is 25.4 Å². The standard InChI is InChI=1S/C9H21ClN2/c1-12(2)9-5-8-11-7-4-3-6-10/h11H,3-9H2,1-2H3. The minimum absolute atomic E-state index is 0.791. The average molecular weight is 193 g/mol. The maximum absolute atomic E-state index is 5.55. The van der Waals surface area contributed by atoms with E-state index in [1.54, 1.807) is 0 Å². The van der Waals surface area contributed by atoms with Crippen LogP contribution < -0.4 is 5.32 Å². The largest absolute Gasteiger partial charge is 0.317 e. The molecule has 3 heteroatoms. The fourth-order valence-electron chi connectivity index (χ4n) is 0.990. The highest BCUT2D eigenvalue weighted by Gasteiger charge is 1.90. The summed E-state index contributed by atoms with van der Waals surface area (Å²) in [5.41, 5.74) is 0. The molecule has 0 aromatic heterocycles. The Bertz CT molecular complexity index is 86.6. The fraction of sp³-hybridized carbons (Fsp3) is 1.00. The third-order valence-electron chi connectivity index (χ3n) is 1.70. The first-order valence-corrected chi connectivity index (χ1v) is 5.22. The Morgan fingerprint density at radius 1 is 1.08 bits per heavy atom. The van der Waals surface area contributed by atoms with Gasteiger partial charge in [0.1, 0.15) is 0 Å². The van der Waals surface area contributed by atoms with Crippen molar-refractivity contribution < 1.29 is 0 Å². The lowest BCUT2D eigenvalue weighted by atomic mass is 10.3. The molecule has 0 saturated heterocycles. The van der Waals surface area contributed by atoms with E-state index in [1.165, 1.54) is 19.4 Å². The molecule has 0 rings (SSSR count). The molecular weight excluding hydrogens is 172 g/mol. The number of nitrogens with one attached hydrogen (secondary N) is 1. The van der Waals surface area contributed by atoms with Gasteiger partial charge in [0.25, 0.3) is 0 Å². The summed E-state index contributed by atoms with van der Waals surface area (Å²) >= 11 is 5.55. The lowest BCUT2D eigenvalue weighted by Gasteiger charge is -2.09. The molecule has 0 aromatic carbocycles. The molecule has 0 aliphatic heterocycles. The molecule has 0 unspecified atom stereocenters. The van der Waals surface area contributed by atoms with E-state index in [2.05, 4.69) is 24.3 Å². The Morgan fingerprint density at radius 2 is 1.75 bits per heavy atom. The lowest BCUT2D eigenvalue weighted by molar-refractivity contribution is 0.394. The highest BCUT2D eigenvalue weighted by atomic mass is 35.5. The second kappa shape index (κ2) is 9.30. The third-order valence-corrected chi connectivity index (χ3v) is 1.96. The highest BCUT2D eigenvalue weighted by Crippen LogP contribution is 1.89. The van der Waals surface area contributed by atoms with Crippen LogP contribution in [0.25, 0.3) is 0 Å². The Balaban J connectivity index is 2.82. The minimum Gasteiger partial charge on any atom is -0.317 e. The van der Waals surface area contributed by atoms with E-state index in [4.69, 9.17) is 11.6 Å². The number of hydrogen-bond donors (Lipinski definition) is 1. The molecule has 0 aliphatic rings. The van der Waals surface area contributed by atoms with Gasteiger partial charge in [-0.3, -0.25) is 0 Å². The van der Waals surface area contributed by atoms with Crippen LogP contribution in [0.4, 0.5) is 0 Å². The molecule has 2 nitrogen and oxygen atoms in total. The smallest absolute Gasteiger partial charge is 0.0223 e. The summed E-state index contributed by atoms with van der Waals surface area (Å²) in [5.74, 6) is 0.791. The van der Waals surface area contributed by atoms with Gasteiger partial charge in [0.2, 0.25) is 0 Å². The van der Waals surface area contributed by atoms with Crippen molar-refractivity contribution in [1.82, 2.24) is 10.2 Å². The second-order valence-corrected chi connectivity index (χ2v) is 3.68. The van der Waals surface area contributed by atoms with Crippen LogP contribution in [0.2, 0.25) is 0 Å². The van der Waals surface area contributed by atoms with Gasteiger partial charge in [-0.15, -0.1) is 11.6 Å². The molecule has 1 N–H and O–H groups in total. The van der Waals surface area contributed by atoms with Gasteiger partial charge in [0.05, 0.1) is 0 Å². The normalized spacial score (nSPS) is 11.0. The predicted octanol–water partition coefficient (Wildman–Crippen LogP) is 1.55. The zero-order valence-corrected chi connectivity index (χ0v) is 9.03. The summed E-state index contributed by atoms with van der Waals surface area (Å²) in [6.45, 7) is 3.41. The number of hydrogen-bond acceptors (Lipinski definition) is 2. The molecule has 12 heavy (non-hydrogen) atoms. The molecule has 0 amide bonds. The molecule has 0 fully saturated rings. The van der Waals surface area contributed by atoms with Crippen molar-refractivity contribution in [1.29, 1.82) is 0 Å². The molecule has 0 aromatic rings. The maximum Gasteiger partial charge on any atom is 0.0223 e. The van der Waals surface area contributed by atoms with Crippen LogP contribution in [0.3, 0.4) is 0 Å². The van der Waals surface area contributed by atoms with Gasteiger partial charge in [-0.05, 0) is 53.0 Å². The first-order valence-electron chi connectivity index (χ1n) is 4.69. The summed E-state index contributed by atoms with van der Waals surface area (Å²) in [7, 11) is 4.21. The Morgan fingerprint density at radius 3 is 2.33 bits per heavy atom. The maximum atomic E-state index is 5.55. The van der Waals surface area contributed by atoms with Crippen molar-refractivity contribution in [3.63, 3.8) is 0 Å². The molecule has 0 spiro atoms. The molecule has 0 saturated carbocycles. The Hall–Kier alpha value is 0.210. The first-order chi connectivity index (χ1) is 5.77. The highest BCUT2D eigenvalue weighted by molar-refractivity contribution is 6.17. The van der Waals surface area contributed by atoms with Crippen molar-refractivity contribution in [2.24, 2.45) is 0 Å². The van der Waals surface area contributed by atoms with Crippen LogP contribution in [0.15, 0.2) is 0 Å². The predicted molar refractivity (Wildman–Crippen MR) is 56.0 cm³/mol. The number of nitrogens with zero attached hydrogens (tertiary/aromatic N) is 1. The molecular formula is C9H21ClN2. The minimum atomic E-state index is 0.791. The summed E-state index contributed by atoms with van der Waals surface area (Å²) < 4.78 is 0. The Labute approximate surface area is 81.3 Å². The van der Waals surface area contributed by atoms with Crippen LogP contribution in [-0.2, 0) is 0 Å². The topological polar surface area (TPSA) is 15.3 Å². The molecule has 0 heterocycles. The monoisotopic (exact) mass is 192 g/mol. The summed E-state index contributed by atoms with van der Waals surface area (Å²) in [5, 5.41) is 3.39. The SMILES string of the molecule is CN(C)CCCNCCCCCl. The fourth-order valence-corrected chi connectivity index (χ4v) is 1.18. The van der Waals surface area contributed by atoms with Gasteiger partial charge in [-0.2, -0.15) is 0 Å². The second-order valence-electron chi connectivity index (χ2n) is 3.30. The van der Waals surface area contributed by atoms with Gasteiger partial charge in [0.15, 0.2) is 0 Å². The van der Waals surface area contributed by atoms with Gasteiger partial charge < -0.3 is 10.2 Å². The quantitative estimate of drug-likeness (QED) is 0.464. The molecule has 0 aliphatic carbocycles. The van der Waals surface area contributed by atoms with Crippen LogP contribution in [0, 0.1) is 0 Å². The van der Waals surface area contributed by atoms with Crippen LogP contribution >= 0.6 is 11.6 Å². The van der Waals surface area contributed by atoms with Crippen molar-refractivity contribution in [2.75, 3.05) is 39.6 Å². The summed E-state index contributed by atoms with van der Waals surface area (Å²) in [6.07, 6.45) is 3.56. The van der Waals surface area contributed by atoms with Crippen molar-refractivity contribution >= 4 is 11.6 Å². The molecule has 0 radical (unpaired) electrons. The van der Waals surface area contributed by atoms with Crippen molar-refractivity contribution in [3.05, 3.63) is 0 Å². The molecule has 0 bridgehead atoms. The van der Waals surface area contributed by atoms with Crippen LogP contribution in [-0.4, -0.2) is 44.5 Å². The van der Waals surface area contributed by atoms with E-state index in [-0.39, 0.29) is 0 Å². The molecule has 0 atom stereocenters. The molecule has 74 valence electrons. The third kappa shape index (κ3) is 10.2.